The smallest absolute Gasteiger partial charge is 0.148 e. The summed E-state index contributed by atoms with van der Waals surface area (Å²) >= 11 is 4.93. The van der Waals surface area contributed by atoms with Crippen molar-refractivity contribution in [3.63, 3.8) is 0 Å². The second kappa shape index (κ2) is 5.42. The minimum atomic E-state index is 0.274. The molecule has 1 saturated carbocycles. The number of pyridine rings is 1. The van der Waals surface area contributed by atoms with Crippen LogP contribution in [0.1, 0.15) is 18.5 Å². The molecule has 0 atom stereocenters. The Labute approximate surface area is 107 Å². The first-order valence-electron chi connectivity index (χ1n) is 5.76. The highest BCUT2D eigenvalue weighted by atomic mass is 32.1. The van der Waals surface area contributed by atoms with E-state index in [1.807, 2.05) is 12.1 Å². The monoisotopic (exact) mass is 251 g/mol. The molecular weight excluding hydrogens is 234 g/mol. The topological polar surface area (TPSA) is 51.4 Å². The molecule has 0 amide bonds. The lowest BCUT2D eigenvalue weighted by molar-refractivity contribution is 0.231. The molecule has 0 spiro atoms. The molecule has 1 aromatic heterocycles. The molecule has 92 valence electrons. The Hall–Kier alpha value is -1.20. The normalized spacial score (nSPS) is 14.9. The van der Waals surface area contributed by atoms with Crippen LogP contribution in [0.15, 0.2) is 18.3 Å². The van der Waals surface area contributed by atoms with E-state index in [1.54, 1.807) is 6.20 Å². The van der Waals surface area contributed by atoms with Gasteiger partial charge < -0.3 is 15.4 Å². The number of rotatable bonds is 6. The van der Waals surface area contributed by atoms with Crippen LogP contribution in [0.3, 0.4) is 0 Å². The van der Waals surface area contributed by atoms with Crippen molar-refractivity contribution < 1.29 is 4.74 Å². The summed E-state index contributed by atoms with van der Waals surface area (Å²) in [7, 11) is 2.12. The quantitative estimate of drug-likeness (QED) is 0.770. The van der Waals surface area contributed by atoms with Gasteiger partial charge in [0.05, 0.1) is 0 Å². The summed E-state index contributed by atoms with van der Waals surface area (Å²) in [5.74, 6) is 0.671. The van der Waals surface area contributed by atoms with Crippen LogP contribution in [0.25, 0.3) is 0 Å². The average Bonchev–Trinajstić information content (AvgIpc) is 3.13. The predicted octanol–water partition coefficient (Wildman–Crippen LogP) is 1.19. The highest BCUT2D eigenvalue weighted by Crippen LogP contribution is 2.25. The Kier molecular flexibility index (Phi) is 3.91. The summed E-state index contributed by atoms with van der Waals surface area (Å²) in [6, 6.07) is 4.42. The Morgan fingerprint density at radius 2 is 2.41 bits per heavy atom. The summed E-state index contributed by atoms with van der Waals surface area (Å²) in [5.41, 5.74) is 6.15. The Morgan fingerprint density at radius 3 is 3.06 bits per heavy atom. The molecule has 1 fully saturated rings. The summed E-state index contributed by atoms with van der Waals surface area (Å²) in [6.07, 6.45) is 4.28. The van der Waals surface area contributed by atoms with Crippen molar-refractivity contribution in [2.24, 2.45) is 5.73 Å². The van der Waals surface area contributed by atoms with E-state index in [9.17, 15) is 0 Å². The first-order chi connectivity index (χ1) is 8.18. The van der Waals surface area contributed by atoms with Crippen molar-refractivity contribution in [1.29, 1.82) is 0 Å². The largest absolute Gasteiger partial charge is 0.490 e. The van der Waals surface area contributed by atoms with Gasteiger partial charge >= 0.3 is 0 Å². The van der Waals surface area contributed by atoms with Crippen LogP contribution in [0.5, 0.6) is 5.75 Å². The molecule has 1 aromatic rings. The number of hydrogen-bond acceptors (Lipinski definition) is 4. The zero-order valence-corrected chi connectivity index (χ0v) is 10.7. The maximum atomic E-state index is 5.68. The molecule has 2 rings (SSSR count). The Bertz CT molecular complexity index is 406. The van der Waals surface area contributed by atoms with E-state index in [1.165, 1.54) is 12.8 Å². The van der Waals surface area contributed by atoms with Gasteiger partial charge in [-0.25, -0.2) is 4.98 Å². The van der Waals surface area contributed by atoms with E-state index in [-0.39, 0.29) is 4.99 Å². The fourth-order valence-corrected chi connectivity index (χ4v) is 1.84. The number of ether oxygens (including phenoxy) is 1. The highest BCUT2D eigenvalue weighted by molar-refractivity contribution is 7.80. The molecule has 2 N–H and O–H groups in total. The number of aromatic nitrogens is 1. The molecule has 4 nitrogen and oxygen atoms in total. The van der Waals surface area contributed by atoms with Crippen LogP contribution < -0.4 is 10.5 Å². The van der Waals surface area contributed by atoms with Gasteiger partial charge in [-0.2, -0.15) is 0 Å². The van der Waals surface area contributed by atoms with Gasteiger partial charge in [0.1, 0.15) is 23.0 Å². The minimum Gasteiger partial charge on any atom is -0.490 e. The molecule has 0 unspecified atom stereocenters. The van der Waals surface area contributed by atoms with Crippen molar-refractivity contribution >= 4 is 17.2 Å². The molecule has 0 aromatic carbocycles. The lowest BCUT2D eigenvalue weighted by Crippen LogP contribution is -2.26. The maximum absolute atomic E-state index is 5.68. The van der Waals surface area contributed by atoms with E-state index >= 15 is 0 Å². The number of hydrogen-bond donors (Lipinski definition) is 1. The van der Waals surface area contributed by atoms with Gasteiger partial charge in [-0.1, -0.05) is 12.2 Å². The number of nitrogens with two attached hydrogens (primary N) is 1. The predicted molar refractivity (Wildman–Crippen MR) is 71.3 cm³/mol. The number of likely N-dealkylation sites (N-methyl/N-ethyl adjacent to an activating group) is 1. The van der Waals surface area contributed by atoms with Crippen molar-refractivity contribution in [1.82, 2.24) is 9.88 Å². The van der Waals surface area contributed by atoms with Crippen LogP contribution in [0.2, 0.25) is 0 Å². The van der Waals surface area contributed by atoms with Crippen LogP contribution >= 0.6 is 12.2 Å². The fraction of sp³-hybridized carbons (Fsp3) is 0.500. The van der Waals surface area contributed by atoms with Crippen LogP contribution in [0, 0.1) is 0 Å². The molecule has 1 heterocycles. The summed E-state index contributed by atoms with van der Waals surface area (Å²) in [5, 5.41) is 0. The van der Waals surface area contributed by atoms with Gasteiger partial charge in [0.25, 0.3) is 0 Å². The van der Waals surface area contributed by atoms with Gasteiger partial charge in [0, 0.05) is 18.8 Å². The van der Waals surface area contributed by atoms with Crippen molar-refractivity contribution in [2.45, 2.75) is 18.9 Å². The molecule has 5 heteroatoms. The number of nitrogens with zero attached hydrogens (tertiary/aromatic N) is 2. The molecule has 0 radical (unpaired) electrons. The third kappa shape index (κ3) is 3.38. The molecule has 1 aliphatic rings. The number of thiocarbonyl (C=S) groups is 1. The molecule has 0 aliphatic heterocycles. The van der Waals surface area contributed by atoms with E-state index in [0.717, 1.165) is 12.6 Å². The van der Waals surface area contributed by atoms with Crippen LogP contribution in [-0.2, 0) is 0 Å². The van der Waals surface area contributed by atoms with Crippen molar-refractivity contribution in [3.8, 4) is 5.75 Å². The maximum Gasteiger partial charge on any atom is 0.148 e. The van der Waals surface area contributed by atoms with E-state index < -0.39 is 0 Å². The van der Waals surface area contributed by atoms with Gasteiger partial charge in [-0.3, -0.25) is 0 Å². The molecule has 17 heavy (non-hydrogen) atoms. The van der Waals surface area contributed by atoms with E-state index in [4.69, 9.17) is 22.7 Å². The SMILES string of the molecule is CN(CCOc1cccnc1C(N)=S)C1CC1. The molecule has 0 bridgehead atoms. The summed E-state index contributed by atoms with van der Waals surface area (Å²) in [6.45, 7) is 1.55. The van der Waals surface area contributed by atoms with Crippen molar-refractivity contribution in [3.05, 3.63) is 24.0 Å². The molecule has 0 saturated heterocycles. The standard InChI is InChI=1S/C12H17N3OS/c1-15(9-4-5-9)7-8-16-10-3-2-6-14-11(10)12(13)17/h2-3,6,9H,4-5,7-8H2,1H3,(H2,13,17). The first kappa shape index (κ1) is 12.3. The second-order valence-electron chi connectivity index (χ2n) is 4.27. The van der Waals surface area contributed by atoms with Gasteiger partial charge in [0.2, 0.25) is 0 Å². The van der Waals surface area contributed by atoms with E-state index in [2.05, 4.69) is 16.9 Å². The zero-order valence-electron chi connectivity index (χ0n) is 9.93. The lowest BCUT2D eigenvalue weighted by Gasteiger charge is -2.16. The Balaban J connectivity index is 1.87. The average molecular weight is 251 g/mol. The highest BCUT2D eigenvalue weighted by Gasteiger charge is 2.25. The van der Waals surface area contributed by atoms with Crippen molar-refractivity contribution in [2.75, 3.05) is 20.2 Å². The van der Waals surface area contributed by atoms with Gasteiger partial charge in [0.15, 0.2) is 0 Å². The third-order valence-electron chi connectivity index (χ3n) is 2.88. The summed E-state index contributed by atoms with van der Waals surface area (Å²) in [4.78, 5) is 6.71. The minimum absolute atomic E-state index is 0.274. The van der Waals surface area contributed by atoms with Gasteiger partial charge in [-0.15, -0.1) is 0 Å². The fourth-order valence-electron chi connectivity index (χ4n) is 1.69. The third-order valence-corrected chi connectivity index (χ3v) is 3.07. The Morgan fingerprint density at radius 1 is 1.65 bits per heavy atom. The zero-order chi connectivity index (χ0) is 12.3. The molecule has 1 aliphatic carbocycles. The van der Waals surface area contributed by atoms with E-state index in [0.29, 0.717) is 18.1 Å². The van der Waals surface area contributed by atoms with Crippen LogP contribution in [-0.4, -0.2) is 41.1 Å². The lowest BCUT2D eigenvalue weighted by atomic mass is 10.3. The first-order valence-corrected chi connectivity index (χ1v) is 6.17. The van der Waals surface area contributed by atoms with Crippen LogP contribution in [0.4, 0.5) is 0 Å². The van der Waals surface area contributed by atoms with Gasteiger partial charge in [-0.05, 0) is 32.0 Å². The molecular formula is C12H17N3OS. The summed E-state index contributed by atoms with van der Waals surface area (Å²) < 4.78 is 5.68. The second-order valence-corrected chi connectivity index (χ2v) is 4.71.